The van der Waals surface area contributed by atoms with Gasteiger partial charge in [-0.05, 0) is 41.8 Å². The number of ether oxygens (including phenoxy) is 1. The van der Waals surface area contributed by atoms with Crippen LogP contribution in [0.1, 0.15) is 25.3 Å². The van der Waals surface area contributed by atoms with E-state index in [1.165, 1.54) is 0 Å². The first-order valence-electron chi connectivity index (χ1n) is 5.56. The van der Waals surface area contributed by atoms with Crippen LogP contribution in [-0.4, -0.2) is 12.7 Å². The average Bonchev–Trinajstić information content (AvgIpc) is 2.32. The van der Waals surface area contributed by atoms with Crippen molar-refractivity contribution in [2.45, 2.75) is 31.3 Å². The number of nitriles is 1. The molecule has 17 heavy (non-hydrogen) atoms. The summed E-state index contributed by atoms with van der Waals surface area (Å²) in [5.41, 5.74) is -0.282. The lowest BCUT2D eigenvalue weighted by atomic mass is 9.73. The van der Waals surface area contributed by atoms with E-state index in [1.54, 1.807) is 18.2 Å². The lowest BCUT2D eigenvalue weighted by Crippen LogP contribution is -2.37. The Balaban J connectivity index is 2.48. The largest absolute Gasteiger partial charge is 0.378 e. The fourth-order valence-electron chi connectivity index (χ4n) is 2.37. The fraction of sp³-hybridized carbons (Fsp3) is 0.462. The van der Waals surface area contributed by atoms with E-state index in [4.69, 9.17) is 4.74 Å². The van der Waals surface area contributed by atoms with E-state index in [1.807, 2.05) is 6.92 Å². The van der Waals surface area contributed by atoms with Crippen LogP contribution < -0.4 is 0 Å². The van der Waals surface area contributed by atoms with Crippen molar-refractivity contribution in [1.82, 2.24) is 0 Å². The number of hydrogen-bond donors (Lipinski definition) is 0. The molecule has 0 aromatic heterocycles. The maximum atomic E-state index is 14.1. The zero-order valence-electron chi connectivity index (χ0n) is 9.54. The Kier molecular flexibility index (Phi) is 3.50. The van der Waals surface area contributed by atoms with Crippen LogP contribution in [0.25, 0.3) is 0 Å². The Bertz CT molecular complexity index is 471. The van der Waals surface area contributed by atoms with Gasteiger partial charge in [0.05, 0.1) is 22.1 Å². The molecule has 0 aliphatic carbocycles. The predicted octanol–water partition coefficient (Wildman–Crippen LogP) is 3.55. The number of rotatable bonds is 1. The molecule has 1 aromatic rings. The highest BCUT2D eigenvalue weighted by molar-refractivity contribution is 9.10. The molecule has 0 spiro atoms. The van der Waals surface area contributed by atoms with Gasteiger partial charge in [0.25, 0.3) is 0 Å². The summed E-state index contributed by atoms with van der Waals surface area (Å²) in [5.74, 6) is -0.330. The summed E-state index contributed by atoms with van der Waals surface area (Å²) >= 11 is 3.17. The molecular weight excluding hydrogens is 285 g/mol. The molecule has 1 aliphatic heterocycles. The quantitative estimate of drug-likeness (QED) is 0.794. The lowest BCUT2D eigenvalue weighted by Gasteiger charge is -2.35. The molecule has 0 saturated carbocycles. The maximum Gasteiger partial charge on any atom is 0.142 e. The monoisotopic (exact) mass is 297 g/mol. The van der Waals surface area contributed by atoms with E-state index >= 15 is 0 Å². The van der Waals surface area contributed by atoms with Crippen molar-refractivity contribution in [2.24, 2.45) is 0 Å². The number of halogens is 2. The highest BCUT2D eigenvalue weighted by Crippen LogP contribution is 2.39. The van der Waals surface area contributed by atoms with Crippen LogP contribution in [0, 0.1) is 17.1 Å². The van der Waals surface area contributed by atoms with Crippen molar-refractivity contribution >= 4 is 15.9 Å². The lowest BCUT2D eigenvalue weighted by molar-refractivity contribution is 0.00282. The molecule has 2 rings (SSSR count). The first-order chi connectivity index (χ1) is 8.09. The first kappa shape index (κ1) is 12.5. The summed E-state index contributed by atoms with van der Waals surface area (Å²) < 4.78 is 20.0. The van der Waals surface area contributed by atoms with E-state index in [2.05, 4.69) is 22.0 Å². The van der Waals surface area contributed by atoms with E-state index < -0.39 is 5.41 Å². The van der Waals surface area contributed by atoms with Gasteiger partial charge in [0.15, 0.2) is 0 Å². The van der Waals surface area contributed by atoms with E-state index in [-0.39, 0.29) is 11.9 Å². The van der Waals surface area contributed by atoms with E-state index in [9.17, 15) is 9.65 Å². The summed E-state index contributed by atoms with van der Waals surface area (Å²) in [6.45, 7) is 2.42. The summed E-state index contributed by atoms with van der Waals surface area (Å²) in [4.78, 5) is 0. The predicted molar refractivity (Wildman–Crippen MR) is 66.0 cm³/mol. The molecule has 2 nitrogen and oxygen atoms in total. The molecule has 0 bridgehead atoms. The van der Waals surface area contributed by atoms with Gasteiger partial charge in [-0.25, -0.2) is 4.39 Å². The Morgan fingerprint density at radius 1 is 1.59 bits per heavy atom. The molecule has 4 heteroatoms. The topological polar surface area (TPSA) is 33.0 Å². The molecule has 0 radical (unpaired) electrons. The van der Waals surface area contributed by atoms with Crippen molar-refractivity contribution in [3.05, 3.63) is 34.1 Å². The third-order valence-corrected chi connectivity index (χ3v) is 3.86. The minimum atomic E-state index is -0.758. The zero-order chi connectivity index (χ0) is 12.5. The smallest absolute Gasteiger partial charge is 0.142 e. The Morgan fingerprint density at radius 3 is 3.00 bits per heavy atom. The third-order valence-electron chi connectivity index (χ3n) is 3.25. The summed E-state index contributed by atoms with van der Waals surface area (Å²) in [6, 6.07) is 7.40. The van der Waals surface area contributed by atoms with Crippen LogP contribution in [0.3, 0.4) is 0 Å². The SMILES string of the molecule is C[C@H]1C[C@@](C#N)(c2cccc(Br)c2F)CCO1. The highest BCUT2D eigenvalue weighted by Gasteiger charge is 2.39. The second-order valence-electron chi connectivity index (χ2n) is 4.43. The van der Waals surface area contributed by atoms with E-state index in [0.717, 1.165) is 0 Å². The first-order valence-corrected chi connectivity index (χ1v) is 6.36. The number of benzene rings is 1. The second kappa shape index (κ2) is 4.75. The van der Waals surface area contributed by atoms with Crippen LogP contribution >= 0.6 is 15.9 Å². The standard InChI is InChI=1S/C13H13BrFNO/c1-9-7-13(8-16,5-6-17-9)10-3-2-4-11(14)12(10)15/h2-4,9H,5-7H2,1H3/t9-,13-/m0/s1. The van der Waals surface area contributed by atoms with Gasteiger partial charge >= 0.3 is 0 Å². The molecule has 1 saturated heterocycles. The number of nitrogens with zero attached hydrogens (tertiary/aromatic N) is 1. The molecule has 0 unspecified atom stereocenters. The Morgan fingerprint density at radius 2 is 2.35 bits per heavy atom. The summed E-state index contributed by atoms with van der Waals surface area (Å²) in [7, 11) is 0. The Labute approximate surface area is 109 Å². The molecule has 1 aromatic carbocycles. The van der Waals surface area contributed by atoms with Gasteiger partial charge in [-0.15, -0.1) is 0 Å². The van der Waals surface area contributed by atoms with Gasteiger partial charge < -0.3 is 4.74 Å². The van der Waals surface area contributed by atoms with Crippen molar-refractivity contribution in [3.8, 4) is 6.07 Å². The van der Waals surface area contributed by atoms with Gasteiger partial charge in [-0.2, -0.15) is 5.26 Å². The molecule has 90 valence electrons. The van der Waals surface area contributed by atoms with Gasteiger partial charge in [0, 0.05) is 12.2 Å². The summed E-state index contributed by atoms with van der Waals surface area (Å²) in [6.07, 6.45) is 1.07. The van der Waals surface area contributed by atoms with Crippen LogP contribution in [0.2, 0.25) is 0 Å². The molecule has 2 atom stereocenters. The highest BCUT2D eigenvalue weighted by atomic mass is 79.9. The van der Waals surface area contributed by atoms with Crippen LogP contribution in [0.5, 0.6) is 0 Å². The fourth-order valence-corrected chi connectivity index (χ4v) is 2.73. The van der Waals surface area contributed by atoms with Crippen LogP contribution in [0.15, 0.2) is 22.7 Å². The van der Waals surface area contributed by atoms with Gasteiger partial charge in [0.2, 0.25) is 0 Å². The molecule has 1 fully saturated rings. The maximum absolute atomic E-state index is 14.1. The minimum Gasteiger partial charge on any atom is -0.378 e. The van der Waals surface area contributed by atoms with Crippen LogP contribution in [-0.2, 0) is 10.2 Å². The average molecular weight is 298 g/mol. The molecule has 1 aliphatic rings. The minimum absolute atomic E-state index is 0.0122. The van der Waals surface area contributed by atoms with Gasteiger partial charge in [-0.3, -0.25) is 0 Å². The van der Waals surface area contributed by atoms with Gasteiger partial charge in [0.1, 0.15) is 5.82 Å². The van der Waals surface area contributed by atoms with Crippen molar-refractivity contribution in [2.75, 3.05) is 6.61 Å². The summed E-state index contributed by atoms with van der Waals surface area (Å²) in [5, 5.41) is 9.44. The van der Waals surface area contributed by atoms with E-state index in [0.29, 0.717) is 29.5 Å². The van der Waals surface area contributed by atoms with Crippen LogP contribution in [0.4, 0.5) is 4.39 Å². The van der Waals surface area contributed by atoms with Crippen molar-refractivity contribution in [3.63, 3.8) is 0 Å². The molecule has 1 heterocycles. The molecule has 0 N–H and O–H groups in total. The normalized spacial score (nSPS) is 28.7. The molecular formula is C13H13BrFNO. The number of hydrogen-bond acceptors (Lipinski definition) is 2. The van der Waals surface area contributed by atoms with Gasteiger partial charge in [-0.1, -0.05) is 12.1 Å². The molecule has 0 amide bonds. The van der Waals surface area contributed by atoms with Crippen molar-refractivity contribution in [1.29, 1.82) is 5.26 Å². The zero-order valence-corrected chi connectivity index (χ0v) is 11.1. The van der Waals surface area contributed by atoms with Crippen molar-refractivity contribution < 1.29 is 9.13 Å². The third kappa shape index (κ3) is 2.22. The Hall–Kier alpha value is -0.920. The second-order valence-corrected chi connectivity index (χ2v) is 5.29.